The van der Waals surface area contributed by atoms with Gasteiger partial charge in [0.05, 0.1) is 19.8 Å². The minimum Gasteiger partial charge on any atom is -0.475 e. The van der Waals surface area contributed by atoms with Crippen LogP contribution >= 0.6 is 0 Å². The van der Waals surface area contributed by atoms with Crippen molar-refractivity contribution >= 4 is 11.9 Å². The van der Waals surface area contributed by atoms with Crippen LogP contribution in [0.3, 0.4) is 0 Å². The lowest BCUT2D eigenvalue weighted by Crippen LogP contribution is -2.38. The number of hydrogen-bond acceptors (Lipinski definition) is 5. The zero-order valence-corrected chi connectivity index (χ0v) is 18.6. The fourth-order valence-corrected chi connectivity index (χ4v) is 4.20. The molecule has 2 atom stereocenters. The van der Waals surface area contributed by atoms with Gasteiger partial charge >= 0.3 is 12.1 Å². The molecule has 3 rings (SSSR count). The van der Waals surface area contributed by atoms with Gasteiger partial charge in [0, 0.05) is 51.0 Å². The maximum Gasteiger partial charge on any atom is 0.490 e. The van der Waals surface area contributed by atoms with E-state index in [0.717, 1.165) is 26.2 Å². The van der Waals surface area contributed by atoms with Crippen LogP contribution in [0.1, 0.15) is 23.1 Å². The van der Waals surface area contributed by atoms with E-state index >= 15 is 0 Å². The van der Waals surface area contributed by atoms with Crippen LogP contribution in [0.25, 0.3) is 0 Å². The van der Waals surface area contributed by atoms with Crippen molar-refractivity contribution in [3.8, 4) is 0 Å². The predicted octanol–water partition coefficient (Wildman–Crippen LogP) is 2.54. The molecular formula is C22H31F3N2O5. The zero-order chi connectivity index (χ0) is 23.9. The number of fused-ring (bicyclic) bond motifs is 1. The Kier molecular flexibility index (Phi) is 9.06. The molecule has 2 fully saturated rings. The molecule has 2 saturated heterocycles. The Morgan fingerprint density at radius 2 is 2.03 bits per heavy atom. The van der Waals surface area contributed by atoms with E-state index in [0.29, 0.717) is 32.1 Å². The molecule has 1 aromatic rings. The van der Waals surface area contributed by atoms with Gasteiger partial charge < -0.3 is 19.9 Å². The smallest absolute Gasteiger partial charge is 0.475 e. The van der Waals surface area contributed by atoms with E-state index < -0.39 is 12.1 Å². The van der Waals surface area contributed by atoms with Gasteiger partial charge in [-0.3, -0.25) is 9.69 Å². The fourth-order valence-electron chi connectivity index (χ4n) is 4.20. The summed E-state index contributed by atoms with van der Waals surface area (Å²) in [4.78, 5) is 23.7. The minimum absolute atomic E-state index is 0.0329. The molecule has 32 heavy (non-hydrogen) atoms. The molecule has 0 bridgehead atoms. The van der Waals surface area contributed by atoms with Gasteiger partial charge in [-0.05, 0) is 25.0 Å². The number of carboxylic acids is 1. The second-order valence-corrected chi connectivity index (χ2v) is 8.50. The molecule has 0 aromatic heterocycles. The summed E-state index contributed by atoms with van der Waals surface area (Å²) in [5.74, 6) is -2.19. The lowest BCUT2D eigenvalue weighted by Gasteiger charge is -2.27. The van der Waals surface area contributed by atoms with E-state index in [2.05, 4.69) is 42.3 Å². The summed E-state index contributed by atoms with van der Waals surface area (Å²) in [5.41, 5.74) is 4.00. The van der Waals surface area contributed by atoms with Crippen LogP contribution in [-0.4, -0.2) is 74.6 Å². The summed E-state index contributed by atoms with van der Waals surface area (Å²) < 4.78 is 42.5. The van der Waals surface area contributed by atoms with Crippen LogP contribution in [0.5, 0.6) is 0 Å². The summed E-state index contributed by atoms with van der Waals surface area (Å²) in [6.45, 7) is 9.81. The summed E-state index contributed by atoms with van der Waals surface area (Å²) in [5, 5.41) is 10.1. The number of rotatable bonds is 7. The van der Waals surface area contributed by atoms with Crippen molar-refractivity contribution in [2.75, 3.05) is 46.6 Å². The molecule has 1 aromatic carbocycles. The number of halogens is 3. The Balaban J connectivity index is 0.000000451. The van der Waals surface area contributed by atoms with Gasteiger partial charge in [0.2, 0.25) is 5.91 Å². The van der Waals surface area contributed by atoms with E-state index in [1.54, 1.807) is 7.11 Å². The van der Waals surface area contributed by atoms with Gasteiger partial charge in [-0.25, -0.2) is 4.79 Å². The Morgan fingerprint density at radius 1 is 1.34 bits per heavy atom. The zero-order valence-electron chi connectivity index (χ0n) is 18.6. The third kappa shape index (κ3) is 7.18. The molecule has 7 nitrogen and oxygen atoms in total. The first kappa shape index (κ1) is 26.1. The number of aryl methyl sites for hydroxylation is 2. The first-order chi connectivity index (χ1) is 15.0. The molecule has 2 aliphatic rings. The highest BCUT2D eigenvalue weighted by atomic mass is 19.4. The van der Waals surface area contributed by atoms with E-state index in [1.165, 1.54) is 16.7 Å². The average Bonchev–Trinajstić information content (AvgIpc) is 3.20. The maximum atomic E-state index is 12.3. The monoisotopic (exact) mass is 460 g/mol. The number of likely N-dealkylation sites (tertiary alicyclic amines) is 1. The normalized spacial score (nSPS) is 22.8. The number of amides is 1. The largest absolute Gasteiger partial charge is 0.490 e. The Morgan fingerprint density at radius 3 is 2.66 bits per heavy atom. The lowest BCUT2D eigenvalue weighted by molar-refractivity contribution is -0.192. The molecule has 1 amide bonds. The van der Waals surface area contributed by atoms with Crippen LogP contribution < -0.4 is 5.32 Å². The molecule has 0 saturated carbocycles. The first-order valence-corrected chi connectivity index (χ1v) is 10.4. The van der Waals surface area contributed by atoms with Gasteiger partial charge in [-0.2, -0.15) is 13.2 Å². The minimum atomic E-state index is -5.08. The van der Waals surface area contributed by atoms with Crippen molar-refractivity contribution in [1.29, 1.82) is 0 Å². The highest BCUT2D eigenvalue weighted by Crippen LogP contribution is 2.44. The van der Waals surface area contributed by atoms with Gasteiger partial charge in [0.1, 0.15) is 0 Å². The number of ether oxygens (including phenoxy) is 2. The Bertz CT molecular complexity index is 802. The summed E-state index contributed by atoms with van der Waals surface area (Å²) >= 11 is 0. The van der Waals surface area contributed by atoms with Crippen LogP contribution in [-0.2, 0) is 25.6 Å². The van der Waals surface area contributed by atoms with Crippen molar-refractivity contribution in [3.05, 3.63) is 34.9 Å². The molecule has 0 unspecified atom stereocenters. The fraction of sp³-hybridized carbons (Fsp3) is 0.636. The highest BCUT2D eigenvalue weighted by Gasteiger charge is 2.51. The maximum absolute atomic E-state index is 12.3. The van der Waals surface area contributed by atoms with Crippen molar-refractivity contribution < 1.29 is 37.3 Å². The number of alkyl halides is 3. The van der Waals surface area contributed by atoms with E-state index in [4.69, 9.17) is 19.4 Å². The third-order valence-corrected chi connectivity index (χ3v) is 5.87. The molecule has 0 radical (unpaired) electrons. The van der Waals surface area contributed by atoms with Crippen molar-refractivity contribution in [3.63, 3.8) is 0 Å². The van der Waals surface area contributed by atoms with Crippen LogP contribution in [0.15, 0.2) is 18.2 Å². The van der Waals surface area contributed by atoms with Crippen molar-refractivity contribution in [2.45, 2.75) is 33.0 Å². The number of methoxy groups -OCH3 is 1. The number of aliphatic carboxylic acids is 1. The van der Waals surface area contributed by atoms with Crippen LogP contribution in [0, 0.1) is 25.2 Å². The third-order valence-electron chi connectivity index (χ3n) is 5.87. The molecule has 2 aliphatic heterocycles. The molecule has 2 heterocycles. The number of nitrogens with zero attached hydrogens (tertiary/aromatic N) is 1. The number of carbonyl (C=O) groups is 2. The summed E-state index contributed by atoms with van der Waals surface area (Å²) in [7, 11) is 1.65. The molecule has 10 heteroatoms. The number of nitrogens with one attached hydrogen (secondary N) is 1. The Hall–Kier alpha value is -2.17. The van der Waals surface area contributed by atoms with Gasteiger partial charge in [-0.1, -0.05) is 23.8 Å². The quantitative estimate of drug-likeness (QED) is 0.608. The average molecular weight is 460 g/mol. The highest BCUT2D eigenvalue weighted by molar-refractivity contribution is 5.77. The molecular weight excluding hydrogens is 429 g/mol. The molecule has 180 valence electrons. The second kappa shape index (κ2) is 11.1. The van der Waals surface area contributed by atoms with E-state index in [9.17, 15) is 18.0 Å². The van der Waals surface area contributed by atoms with Crippen LogP contribution in [0.2, 0.25) is 0 Å². The van der Waals surface area contributed by atoms with Gasteiger partial charge in [0.15, 0.2) is 0 Å². The second-order valence-electron chi connectivity index (χ2n) is 8.50. The first-order valence-electron chi connectivity index (χ1n) is 10.4. The topological polar surface area (TPSA) is 88.1 Å². The molecule has 0 spiro atoms. The van der Waals surface area contributed by atoms with E-state index in [-0.39, 0.29) is 11.3 Å². The van der Waals surface area contributed by atoms with E-state index in [1.807, 2.05) is 0 Å². The number of hydrogen-bond donors (Lipinski definition) is 2. The molecule has 2 N–H and O–H groups in total. The number of benzene rings is 1. The Labute approximate surface area is 185 Å². The SMILES string of the molecule is COCCNC(=O)C[C@]12COC[C@H]1CN(Cc1cc(C)ccc1C)C2.O=C(O)C(F)(F)F. The molecule has 0 aliphatic carbocycles. The standard InChI is InChI=1S/C20H30N2O3.C2HF3O2/c1-15-4-5-16(2)17(8-15)10-22-11-18-12-25-14-20(18,13-22)9-19(23)21-6-7-24-3;3-2(4,5)1(6)7/h4-5,8,18H,6-7,9-14H2,1-3H3,(H,21,23);(H,6,7)/t18-,20+;/m1./s1. The predicted molar refractivity (Wildman–Crippen MR) is 111 cm³/mol. The summed E-state index contributed by atoms with van der Waals surface area (Å²) in [6.07, 6.45) is -4.54. The van der Waals surface area contributed by atoms with Gasteiger partial charge in [0.25, 0.3) is 0 Å². The van der Waals surface area contributed by atoms with Crippen LogP contribution in [0.4, 0.5) is 13.2 Å². The van der Waals surface area contributed by atoms with Gasteiger partial charge in [-0.15, -0.1) is 0 Å². The van der Waals surface area contributed by atoms with Crippen molar-refractivity contribution in [2.24, 2.45) is 11.3 Å². The number of carboxylic acid groups (broad SMARTS) is 1. The number of carbonyl (C=O) groups excluding carboxylic acids is 1. The van der Waals surface area contributed by atoms with Crippen molar-refractivity contribution in [1.82, 2.24) is 10.2 Å². The summed E-state index contributed by atoms with van der Waals surface area (Å²) in [6, 6.07) is 6.64. The lowest BCUT2D eigenvalue weighted by atomic mass is 9.78.